The van der Waals surface area contributed by atoms with Crippen LogP contribution in [0.3, 0.4) is 0 Å². The van der Waals surface area contributed by atoms with Crippen LogP contribution in [0.2, 0.25) is 0 Å². The van der Waals surface area contributed by atoms with Gasteiger partial charge in [0.05, 0.1) is 18.1 Å². The van der Waals surface area contributed by atoms with Gasteiger partial charge in [0.25, 0.3) is 5.91 Å². The smallest absolute Gasteiger partial charge is 0.289 e. The Hall–Kier alpha value is -3.50. The first kappa shape index (κ1) is 23.3. The fraction of sp³-hybridized carbons (Fsp3) is 0.320. The lowest BCUT2D eigenvalue weighted by Crippen LogP contribution is -2.50. The van der Waals surface area contributed by atoms with E-state index in [-0.39, 0.29) is 49.3 Å². The van der Waals surface area contributed by atoms with Crippen molar-refractivity contribution in [2.45, 2.75) is 17.9 Å². The fourth-order valence-corrected chi connectivity index (χ4v) is 5.42. The highest BCUT2D eigenvalue weighted by atomic mass is 32.2. The first-order valence-electron chi connectivity index (χ1n) is 11.5. The molecular weight excluding hydrogens is 472 g/mol. The zero-order valence-corrected chi connectivity index (χ0v) is 19.9. The van der Waals surface area contributed by atoms with Crippen molar-refractivity contribution in [2.24, 2.45) is 0 Å². The van der Waals surface area contributed by atoms with Crippen molar-refractivity contribution in [1.29, 1.82) is 0 Å². The summed E-state index contributed by atoms with van der Waals surface area (Å²) in [6.45, 7) is 2.12. The molecule has 0 saturated carbocycles. The van der Waals surface area contributed by atoms with Crippen molar-refractivity contribution < 1.29 is 31.8 Å². The third-order valence-electron chi connectivity index (χ3n) is 5.88. The molecule has 0 bridgehead atoms. The third-order valence-corrected chi connectivity index (χ3v) is 7.77. The fourth-order valence-electron chi connectivity index (χ4n) is 3.98. The lowest BCUT2D eigenvalue weighted by atomic mass is 10.3. The van der Waals surface area contributed by atoms with Gasteiger partial charge in [0.15, 0.2) is 17.3 Å². The lowest BCUT2D eigenvalue weighted by molar-refractivity contribution is 0.0662. The first-order valence-corrected chi connectivity index (χ1v) is 12.9. The van der Waals surface area contributed by atoms with Crippen LogP contribution in [0.25, 0.3) is 0 Å². The summed E-state index contributed by atoms with van der Waals surface area (Å²) in [5.41, 5.74) is 0. The molecular formula is C25H26N2O7S. The quantitative estimate of drug-likeness (QED) is 0.515. The number of carbonyl (C=O) groups excluding carboxylic acids is 1. The maximum atomic E-state index is 13.2. The highest BCUT2D eigenvalue weighted by molar-refractivity contribution is 7.89. The Morgan fingerprint density at radius 1 is 0.886 bits per heavy atom. The van der Waals surface area contributed by atoms with E-state index in [9.17, 15) is 13.2 Å². The van der Waals surface area contributed by atoms with Crippen LogP contribution in [-0.4, -0.2) is 62.9 Å². The molecule has 5 rings (SSSR count). The highest BCUT2D eigenvalue weighted by Gasteiger charge is 2.32. The van der Waals surface area contributed by atoms with E-state index in [2.05, 4.69) is 0 Å². The number of benzene rings is 2. The number of amides is 1. The zero-order valence-electron chi connectivity index (χ0n) is 19.1. The summed E-state index contributed by atoms with van der Waals surface area (Å²) in [6, 6.07) is 17.3. The lowest BCUT2D eigenvalue weighted by Gasteiger charge is -2.33. The van der Waals surface area contributed by atoms with Crippen LogP contribution in [0.1, 0.15) is 22.7 Å². The number of rotatable bonds is 6. The number of hydrogen-bond donors (Lipinski definition) is 0. The molecule has 0 unspecified atom stereocenters. The van der Waals surface area contributed by atoms with Crippen molar-refractivity contribution in [3.63, 3.8) is 0 Å². The Labute approximate surface area is 203 Å². The molecule has 1 fully saturated rings. The molecule has 9 nitrogen and oxygen atoms in total. The van der Waals surface area contributed by atoms with Gasteiger partial charge < -0.3 is 23.5 Å². The number of furan rings is 1. The van der Waals surface area contributed by atoms with Crippen LogP contribution in [0, 0.1) is 0 Å². The van der Waals surface area contributed by atoms with E-state index >= 15 is 0 Å². The number of nitrogens with zero attached hydrogens (tertiary/aromatic N) is 2. The average molecular weight is 499 g/mol. The van der Waals surface area contributed by atoms with E-state index in [0.29, 0.717) is 36.2 Å². The summed E-state index contributed by atoms with van der Waals surface area (Å²) in [4.78, 5) is 14.6. The summed E-state index contributed by atoms with van der Waals surface area (Å²) in [5.74, 6) is 2.15. The molecule has 1 aromatic heterocycles. The van der Waals surface area contributed by atoms with E-state index in [1.54, 1.807) is 23.1 Å². The summed E-state index contributed by atoms with van der Waals surface area (Å²) >= 11 is 0. The molecule has 184 valence electrons. The third kappa shape index (κ3) is 5.13. The molecule has 2 aliphatic heterocycles. The Kier molecular flexibility index (Phi) is 6.65. The van der Waals surface area contributed by atoms with E-state index in [4.69, 9.17) is 18.6 Å². The minimum atomic E-state index is -3.73. The van der Waals surface area contributed by atoms with Crippen LogP contribution in [0.15, 0.2) is 70.0 Å². The maximum absolute atomic E-state index is 13.2. The van der Waals surface area contributed by atoms with E-state index < -0.39 is 10.0 Å². The molecule has 3 aromatic rings. The number of para-hydroxylation sites is 1. The zero-order chi connectivity index (χ0) is 24.3. The molecule has 0 aliphatic carbocycles. The molecule has 2 aromatic carbocycles. The Balaban J connectivity index is 1.19. The van der Waals surface area contributed by atoms with E-state index in [0.717, 1.165) is 6.42 Å². The minimum absolute atomic E-state index is 0.149. The summed E-state index contributed by atoms with van der Waals surface area (Å²) in [7, 11) is -3.73. The average Bonchev–Trinajstić information content (AvgIpc) is 3.24. The summed E-state index contributed by atoms with van der Waals surface area (Å²) in [5, 5.41) is 0. The predicted molar refractivity (Wildman–Crippen MR) is 126 cm³/mol. The monoisotopic (exact) mass is 498 g/mol. The van der Waals surface area contributed by atoms with Crippen LogP contribution in [0.4, 0.5) is 0 Å². The SMILES string of the molecule is O=C(c1ccc(COc2ccccc2)o1)N1CCN(S(=O)(=O)c2ccc3c(c2)OCCCO3)CC1. The molecule has 10 heteroatoms. The predicted octanol–water partition coefficient (Wildman–Crippen LogP) is 3.17. The van der Waals surface area contributed by atoms with Gasteiger partial charge >= 0.3 is 0 Å². The van der Waals surface area contributed by atoms with Gasteiger partial charge in [-0.2, -0.15) is 4.31 Å². The molecule has 1 amide bonds. The minimum Gasteiger partial charge on any atom is -0.490 e. The Morgan fingerprint density at radius 2 is 1.63 bits per heavy atom. The second kappa shape index (κ2) is 10.0. The van der Waals surface area contributed by atoms with Gasteiger partial charge in [-0.1, -0.05) is 18.2 Å². The number of sulfonamides is 1. The molecule has 0 spiro atoms. The number of carbonyl (C=O) groups is 1. The standard InChI is InChI=1S/C25H26N2O7S/c28-25(23-9-7-20(34-23)18-33-19-5-2-1-3-6-19)26-11-13-27(14-12-26)35(29,30)21-8-10-22-24(17-21)32-16-4-15-31-22/h1-3,5-10,17H,4,11-16,18H2. The van der Waals surface area contributed by atoms with Crippen molar-refractivity contribution >= 4 is 15.9 Å². The van der Waals surface area contributed by atoms with Crippen LogP contribution < -0.4 is 14.2 Å². The maximum Gasteiger partial charge on any atom is 0.289 e. The number of hydrogen-bond acceptors (Lipinski definition) is 7. The van der Waals surface area contributed by atoms with Gasteiger partial charge in [0.2, 0.25) is 10.0 Å². The van der Waals surface area contributed by atoms with E-state index in [1.807, 2.05) is 30.3 Å². The molecule has 0 N–H and O–H groups in total. The van der Waals surface area contributed by atoms with Crippen molar-refractivity contribution in [2.75, 3.05) is 39.4 Å². The van der Waals surface area contributed by atoms with Gasteiger partial charge in [-0.15, -0.1) is 0 Å². The van der Waals surface area contributed by atoms with Crippen molar-refractivity contribution in [3.8, 4) is 17.2 Å². The number of ether oxygens (including phenoxy) is 3. The summed E-state index contributed by atoms with van der Waals surface area (Å²) < 4.78 is 50.3. The van der Waals surface area contributed by atoms with Crippen molar-refractivity contribution in [1.82, 2.24) is 9.21 Å². The Morgan fingerprint density at radius 3 is 2.40 bits per heavy atom. The summed E-state index contributed by atoms with van der Waals surface area (Å²) in [6.07, 6.45) is 0.740. The van der Waals surface area contributed by atoms with Crippen LogP contribution >= 0.6 is 0 Å². The topological polar surface area (TPSA) is 98.5 Å². The molecule has 0 atom stereocenters. The molecule has 3 heterocycles. The molecule has 35 heavy (non-hydrogen) atoms. The van der Waals surface area contributed by atoms with Gasteiger partial charge in [0, 0.05) is 38.7 Å². The number of fused-ring (bicyclic) bond motifs is 1. The molecule has 1 saturated heterocycles. The van der Waals surface area contributed by atoms with Crippen molar-refractivity contribution in [3.05, 3.63) is 72.2 Å². The molecule has 2 aliphatic rings. The molecule has 0 radical (unpaired) electrons. The largest absolute Gasteiger partial charge is 0.490 e. The second-order valence-electron chi connectivity index (χ2n) is 8.22. The van der Waals surface area contributed by atoms with Gasteiger partial charge in [0.1, 0.15) is 18.1 Å². The highest BCUT2D eigenvalue weighted by Crippen LogP contribution is 2.33. The van der Waals surface area contributed by atoms with Gasteiger partial charge in [-0.25, -0.2) is 8.42 Å². The number of piperazine rings is 1. The second-order valence-corrected chi connectivity index (χ2v) is 10.2. The normalized spacial score (nSPS) is 16.5. The van der Waals surface area contributed by atoms with Gasteiger partial charge in [-0.05, 0) is 36.4 Å². The van der Waals surface area contributed by atoms with Crippen LogP contribution in [0.5, 0.6) is 17.2 Å². The first-order chi connectivity index (χ1) is 17.0. The Bertz CT molecular complexity index is 1280. The van der Waals surface area contributed by atoms with Crippen LogP contribution in [-0.2, 0) is 16.6 Å². The van der Waals surface area contributed by atoms with Gasteiger partial charge in [-0.3, -0.25) is 4.79 Å². The van der Waals surface area contributed by atoms with E-state index in [1.165, 1.54) is 16.4 Å².